The van der Waals surface area contributed by atoms with E-state index in [2.05, 4.69) is 6.07 Å². The third kappa shape index (κ3) is 5.26. The van der Waals surface area contributed by atoms with Gasteiger partial charge in [0.25, 0.3) is 0 Å². The molecule has 2 fully saturated rings. The number of carbonyl (C=O) groups is 3. The average Bonchev–Trinajstić information content (AvgIpc) is 3.54. The number of carbonyl (C=O) groups excluding carboxylic acids is 3. The van der Waals surface area contributed by atoms with E-state index in [4.69, 9.17) is 4.74 Å². The van der Waals surface area contributed by atoms with Gasteiger partial charge in [-0.25, -0.2) is 4.79 Å². The lowest BCUT2D eigenvalue weighted by Crippen LogP contribution is -2.51. The normalized spacial score (nSPS) is 22.4. The summed E-state index contributed by atoms with van der Waals surface area (Å²) in [7, 11) is 0. The van der Waals surface area contributed by atoms with Crippen molar-refractivity contribution < 1.29 is 19.1 Å². The first-order valence-electron chi connectivity index (χ1n) is 11.7. The van der Waals surface area contributed by atoms with Crippen LogP contribution in [0.3, 0.4) is 0 Å². The largest absolute Gasteiger partial charge is 0.444 e. The molecule has 2 aromatic heterocycles. The maximum atomic E-state index is 13.3. The van der Waals surface area contributed by atoms with Crippen LogP contribution in [0.25, 0.3) is 9.75 Å². The van der Waals surface area contributed by atoms with Crippen molar-refractivity contribution in [3.63, 3.8) is 0 Å². The zero-order chi connectivity index (χ0) is 24.6. The third-order valence-corrected chi connectivity index (χ3v) is 8.94. The van der Waals surface area contributed by atoms with Crippen LogP contribution in [-0.4, -0.2) is 40.2 Å². The lowest BCUT2D eigenvalue weighted by Gasteiger charge is -2.35. The Bertz CT molecular complexity index is 1140. The van der Waals surface area contributed by atoms with E-state index in [0.717, 1.165) is 38.8 Å². The Morgan fingerprint density at radius 2 is 1.85 bits per heavy atom. The van der Waals surface area contributed by atoms with Crippen molar-refractivity contribution in [2.75, 3.05) is 0 Å². The molecule has 4 atom stereocenters. The second-order valence-electron chi connectivity index (χ2n) is 10.2. The number of nitriles is 1. The van der Waals surface area contributed by atoms with Gasteiger partial charge in [-0.2, -0.15) is 5.26 Å². The van der Waals surface area contributed by atoms with Crippen LogP contribution >= 0.6 is 22.7 Å². The molecular weight excluding hydrogens is 468 g/mol. The van der Waals surface area contributed by atoms with Gasteiger partial charge in [0.05, 0.1) is 22.9 Å². The van der Waals surface area contributed by atoms with Gasteiger partial charge >= 0.3 is 6.09 Å². The highest BCUT2D eigenvalue weighted by Gasteiger charge is 2.52. The molecular formula is C26H30N2O4S2. The molecule has 2 bridgehead atoms. The molecule has 4 rings (SSSR count). The second-order valence-corrected chi connectivity index (χ2v) is 12.5. The van der Waals surface area contributed by atoms with Gasteiger partial charge in [-0.1, -0.05) is 0 Å². The van der Waals surface area contributed by atoms with Crippen molar-refractivity contribution in [3.05, 3.63) is 34.0 Å². The summed E-state index contributed by atoms with van der Waals surface area (Å²) in [6.45, 7) is 7.04. The number of hydrogen-bond donors (Lipinski definition) is 0. The minimum atomic E-state index is -0.619. The van der Waals surface area contributed by atoms with Gasteiger partial charge in [0.15, 0.2) is 11.6 Å². The van der Waals surface area contributed by atoms with E-state index >= 15 is 0 Å². The van der Waals surface area contributed by atoms with Crippen molar-refractivity contribution in [2.24, 2.45) is 11.8 Å². The fraction of sp³-hybridized carbons (Fsp3) is 0.538. The van der Waals surface area contributed by atoms with Gasteiger partial charge in [-0.15, -0.1) is 22.7 Å². The van der Waals surface area contributed by atoms with Crippen LogP contribution in [-0.2, 0) is 16.0 Å². The zero-order valence-electron chi connectivity index (χ0n) is 20.0. The minimum Gasteiger partial charge on any atom is -0.444 e. The standard InChI is InChI=1S/C26H30N2O4S2/c1-15(29)21-9-10-23(34-21)22-8-7-19(33-22)11-16(14-27)12-20(30)24-17-5-6-18(13-17)28(24)25(31)32-26(2,3)4/h7-10,16-18,24H,5-6,11-13H2,1-4H3/t16-,17+,18-,24+/m1/s1. The van der Waals surface area contributed by atoms with Gasteiger partial charge in [-0.05, 0) is 83.6 Å². The summed E-state index contributed by atoms with van der Waals surface area (Å²) in [5.74, 6) is -0.274. The van der Waals surface area contributed by atoms with E-state index in [1.165, 1.54) is 11.3 Å². The molecule has 0 spiro atoms. The molecule has 6 nitrogen and oxygen atoms in total. The van der Waals surface area contributed by atoms with E-state index in [0.29, 0.717) is 6.42 Å². The molecule has 0 unspecified atom stereocenters. The molecule has 180 valence electrons. The molecule has 3 heterocycles. The molecule has 1 amide bonds. The number of ketones is 2. The first kappa shape index (κ1) is 24.6. The summed E-state index contributed by atoms with van der Waals surface area (Å²) >= 11 is 3.06. The van der Waals surface area contributed by atoms with Crippen LogP contribution in [0, 0.1) is 23.2 Å². The summed E-state index contributed by atoms with van der Waals surface area (Å²) in [6.07, 6.45) is 2.88. The van der Waals surface area contributed by atoms with Crippen LogP contribution in [0.5, 0.6) is 0 Å². The number of fused-ring (bicyclic) bond motifs is 2. The monoisotopic (exact) mass is 498 g/mol. The summed E-state index contributed by atoms with van der Waals surface area (Å²) < 4.78 is 5.59. The SMILES string of the molecule is CC(=O)c1ccc(-c2ccc(C[C@@H](C#N)CC(=O)[C@@H]3[C@H]4CC[C@H](C4)N3C(=O)OC(C)(C)C)s2)s1. The van der Waals surface area contributed by atoms with Gasteiger partial charge in [-0.3, -0.25) is 14.5 Å². The number of ether oxygens (including phenoxy) is 1. The van der Waals surface area contributed by atoms with Crippen LogP contribution in [0.1, 0.15) is 67.9 Å². The topological polar surface area (TPSA) is 87.5 Å². The smallest absolute Gasteiger partial charge is 0.411 e. The number of amides is 1. The van der Waals surface area contributed by atoms with Crippen LogP contribution in [0.15, 0.2) is 24.3 Å². The Hall–Kier alpha value is -2.50. The second kappa shape index (κ2) is 9.63. The highest BCUT2D eigenvalue weighted by Crippen LogP contribution is 2.44. The quantitative estimate of drug-likeness (QED) is 0.430. The maximum Gasteiger partial charge on any atom is 0.411 e. The number of Topliss-reactive ketones (excluding diaryl/α,β-unsaturated/α-hetero) is 2. The van der Waals surface area contributed by atoms with E-state index < -0.39 is 23.7 Å². The number of thiophene rings is 2. The number of rotatable bonds is 7. The predicted molar refractivity (Wildman–Crippen MR) is 133 cm³/mol. The Labute approximate surface area is 208 Å². The summed E-state index contributed by atoms with van der Waals surface area (Å²) in [5, 5.41) is 9.79. The fourth-order valence-corrected chi connectivity index (χ4v) is 7.11. The molecule has 1 aliphatic carbocycles. The van der Waals surface area contributed by atoms with E-state index in [1.807, 2.05) is 45.0 Å². The Kier molecular flexibility index (Phi) is 6.97. The van der Waals surface area contributed by atoms with Crippen LogP contribution in [0.4, 0.5) is 4.79 Å². The van der Waals surface area contributed by atoms with Gasteiger partial charge in [0.1, 0.15) is 5.60 Å². The lowest BCUT2D eigenvalue weighted by molar-refractivity contribution is -0.126. The van der Waals surface area contributed by atoms with Gasteiger partial charge < -0.3 is 4.74 Å². The number of piperidine rings is 1. The molecule has 1 aliphatic heterocycles. The molecule has 0 aromatic carbocycles. The summed E-state index contributed by atoms with van der Waals surface area (Å²) in [5.41, 5.74) is -0.619. The van der Waals surface area contributed by atoms with Gasteiger partial charge in [0, 0.05) is 27.1 Å². The van der Waals surface area contributed by atoms with E-state index in [1.54, 1.807) is 23.2 Å². The summed E-state index contributed by atoms with van der Waals surface area (Å²) in [4.78, 5) is 43.3. The van der Waals surface area contributed by atoms with Crippen molar-refractivity contribution in [3.8, 4) is 15.8 Å². The van der Waals surface area contributed by atoms with E-state index in [9.17, 15) is 19.6 Å². The predicted octanol–water partition coefficient (Wildman–Crippen LogP) is 6.11. The fourth-order valence-electron chi connectivity index (χ4n) is 5.03. The van der Waals surface area contributed by atoms with Crippen LogP contribution in [0.2, 0.25) is 0 Å². The molecule has 34 heavy (non-hydrogen) atoms. The highest BCUT2D eigenvalue weighted by atomic mass is 32.1. The number of nitrogens with zero attached hydrogens (tertiary/aromatic N) is 2. The first-order chi connectivity index (χ1) is 16.1. The lowest BCUT2D eigenvalue weighted by atomic mass is 9.89. The maximum absolute atomic E-state index is 13.3. The summed E-state index contributed by atoms with van der Waals surface area (Å²) in [6, 6.07) is 9.66. The minimum absolute atomic E-state index is 0.0363. The molecule has 1 saturated carbocycles. The molecule has 0 radical (unpaired) electrons. The first-order valence-corrected chi connectivity index (χ1v) is 13.3. The van der Waals surface area contributed by atoms with Gasteiger partial charge in [0.2, 0.25) is 0 Å². The van der Waals surface area contributed by atoms with Crippen LogP contribution < -0.4 is 0 Å². The average molecular weight is 499 g/mol. The van der Waals surface area contributed by atoms with E-state index in [-0.39, 0.29) is 29.9 Å². The van der Waals surface area contributed by atoms with Crippen molar-refractivity contribution in [2.45, 2.75) is 77.5 Å². The zero-order valence-corrected chi connectivity index (χ0v) is 21.6. The molecule has 0 N–H and O–H groups in total. The van der Waals surface area contributed by atoms with Crippen molar-refractivity contribution in [1.29, 1.82) is 5.26 Å². The molecule has 8 heteroatoms. The Morgan fingerprint density at radius 3 is 2.50 bits per heavy atom. The molecule has 1 saturated heterocycles. The van der Waals surface area contributed by atoms with Crippen molar-refractivity contribution >= 4 is 40.3 Å². The Morgan fingerprint density at radius 1 is 1.15 bits per heavy atom. The molecule has 2 aromatic rings. The Balaban J connectivity index is 1.42. The highest BCUT2D eigenvalue weighted by molar-refractivity contribution is 7.23. The third-order valence-electron chi connectivity index (χ3n) is 6.45. The van der Waals surface area contributed by atoms with Crippen molar-refractivity contribution in [1.82, 2.24) is 4.90 Å². The number of hydrogen-bond acceptors (Lipinski definition) is 7. The molecule has 2 aliphatic rings. The number of likely N-dealkylation sites (tertiary alicyclic amines) is 1.